The quantitative estimate of drug-likeness (QED) is 0.609. The highest BCUT2D eigenvalue weighted by atomic mass is 16.5. The van der Waals surface area contributed by atoms with Gasteiger partial charge in [-0.3, -0.25) is 19.4 Å². The molecule has 7 rings (SSSR count). The fraction of sp³-hybridized carbons (Fsp3) is 0.545. The second kappa shape index (κ2) is 5.76. The molecule has 6 aliphatic rings. The molecule has 5 heteroatoms. The molecule has 0 spiro atoms. The number of amides is 2. The van der Waals surface area contributed by atoms with Crippen molar-refractivity contribution in [3.05, 3.63) is 42.0 Å². The van der Waals surface area contributed by atoms with E-state index in [2.05, 4.69) is 29.2 Å². The number of nitrogens with zero attached hydrogens (tertiary/aromatic N) is 2. The third-order valence-electron chi connectivity index (χ3n) is 7.37. The van der Waals surface area contributed by atoms with Crippen LogP contribution in [0, 0.1) is 35.5 Å². The summed E-state index contributed by atoms with van der Waals surface area (Å²) in [5, 5.41) is 0. The Balaban J connectivity index is 1.23. The minimum Gasteiger partial charge on any atom is -0.379 e. The number of imide groups is 1. The van der Waals surface area contributed by atoms with Crippen molar-refractivity contribution in [2.45, 2.75) is 13.0 Å². The van der Waals surface area contributed by atoms with Crippen LogP contribution in [0.5, 0.6) is 0 Å². The number of hydrogen-bond acceptors (Lipinski definition) is 4. The van der Waals surface area contributed by atoms with Crippen LogP contribution in [-0.2, 0) is 20.9 Å². The van der Waals surface area contributed by atoms with Crippen LogP contribution in [0.2, 0.25) is 0 Å². The van der Waals surface area contributed by atoms with Gasteiger partial charge in [-0.15, -0.1) is 0 Å². The predicted molar refractivity (Wildman–Crippen MR) is 99.7 cm³/mol. The second-order valence-corrected chi connectivity index (χ2v) is 8.72. The molecule has 2 amide bonds. The van der Waals surface area contributed by atoms with Gasteiger partial charge in [-0.25, -0.2) is 0 Å². The van der Waals surface area contributed by atoms with Gasteiger partial charge in [-0.2, -0.15) is 0 Å². The van der Waals surface area contributed by atoms with E-state index in [1.165, 1.54) is 16.9 Å². The lowest BCUT2D eigenvalue weighted by molar-refractivity contribution is -0.124. The Bertz CT molecular complexity index is 790. The van der Waals surface area contributed by atoms with Crippen molar-refractivity contribution >= 4 is 17.5 Å². The zero-order valence-electron chi connectivity index (χ0n) is 15.3. The summed E-state index contributed by atoms with van der Waals surface area (Å²) in [7, 11) is 0. The first-order valence-corrected chi connectivity index (χ1v) is 10.2. The molecule has 1 aromatic carbocycles. The minimum atomic E-state index is -0.121. The van der Waals surface area contributed by atoms with Crippen LogP contribution in [0.25, 0.3) is 0 Å². The van der Waals surface area contributed by atoms with Crippen molar-refractivity contribution in [1.82, 2.24) is 4.90 Å². The smallest absolute Gasteiger partial charge is 0.238 e. The fourth-order valence-electron chi connectivity index (χ4n) is 5.98. The molecule has 2 saturated carbocycles. The molecule has 140 valence electrons. The molecule has 4 aliphatic carbocycles. The normalized spacial score (nSPS) is 39.6. The van der Waals surface area contributed by atoms with E-state index in [0.717, 1.165) is 38.5 Å². The first-order valence-electron chi connectivity index (χ1n) is 10.2. The van der Waals surface area contributed by atoms with Crippen molar-refractivity contribution in [2.75, 3.05) is 31.2 Å². The molecule has 0 unspecified atom stereocenters. The number of carbonyl (C=O) groups excluding carboxylic acids is 2. The highest BCUT2D eigenvalue weighted by Gasteiger charge is 2.67. The summed E-state index contributed by atoms with van der Waals surface area (Å²) in [5.41, 5.74) is 1.94. The number of ether oxygens (including phenoxy) is 1. The molecular weight excluding hydrogens is 340 g/mol. The van der Waals surface area contributed by atoms with Crippen molar-refractivity contribution in [3.63, 3.8) is 0 Å². The Morgan fingerprint density at radius 2 is 1.48 bits per heavy atom. The highest BCUT2D eigenvalue weighted by molar-refractivity contribution is 6.22. The number of rotatable bonds is 3. The number of morpholine rings is 1. The fourth-order valence-corrected chi connectivity index (χ4v) is 5.98. The molecule has 1 aromatic rings. The average Bonchev–Trinajstić information content (AvgIpc) is 3.48. The van der Waals surface area contributed by atoms with Crippen molar-refractivity contribution in [2.24, 2.45) is 35.5 Å². The Hall–Kier alpha value is -1.98. The molecule has 2 bridgehead atoms. The maximum Gasteiger partial charge on any atom is 0.238 e. The van der Waals surface area contributed by atoms with Gasteiger partial charge in [0.05, 0.1) is 30.7 Å². The molecule has 2 saturated heterocycles. The molecule has 6 atom stereocenters. The molecule has 0 aromatic heterocycles. The van der Waals surface area contributed by atoms with E-state index in [4.69, 9.17) is 4.74 Å². The van der Waals surface area contributed by atoms with Crippen LogP contribution < -0.4 is 4.90 Å². The minimum absolute atomic E-state index is 0.0237. The van der Waals surface area contributed by atoms with Gasteiger partial charge in [0.2, 0.25) is 11.8 Å². The number of hydrogen-bond donors (Lipinski definition) is 0. The lowest BCUT2D eigenvalue weighted by Gasteiger charge is -2.37. The molecule has 0 radical (unpaired) electrons. The number of carbonyl (C=O) groups is 2. The summed E-state index contributed by atoms with van der Waals surface area (Å²) >= 11 is 0. The zero-order valence-corrected chi connectivity index (χ0v) is 15.3. The number of benzene rings is 1. The van der Waals surface area contributed by atoms with Crippen LogP contribution in [0.15, 0.2) is 36.4 Å². The highest BCUT2D eigenvalue weighted by Crippen LogP contribution is 2.65. The van der Waals surface area contributed by atoms with E-state index in [0.29, 0.717) is 11.8 Å². The molecule has 27 heavy (non-hydrogen) atoms. The Kier molecular flexibility index (Phi) is 3.42. The van der Waals surface area contributed by atoms with E-state index >= 15 is 0 Å². The van der Waals surface area contributed by atoms with Crippen LogP contribution in [0.1, 0.15) is 12.0 Å². The maximum absolute atomic E-state index is 13.2. The van der Waals surface area contributed by atoms with Gasteiger partial charge in [0.1, 0.15) is 0 Å². The summed E-state index contributed by atoms with van der Waals surface area (Å²) < 4.78 is 5.40. The lowest BCUT2D eigenvalue weighted by Crippen LogP contribution is -2.40. The first kappa shape index (κ1) is 16.0. The standard InChI is InChI=1S/C22H24N2O3/c25-21-19-15-5-6-16(18-11-17(15)18)20(19)22(26)24(21)14-3-1-13(2-4-14)12-23-7-9-27-10-8-23/h1-6,15-20H,7-12H2/t15-,16-,17-,18-,19-,20+/m0/s1. The van der Waals surface area contributed by atoms with Gasteiger partial charge in [-0.1, -0.05) is 24.3 Å². The molecular formula is C22H24N2O3. The second-order valence-electron chi connectivity index (χ2n) is 8.72. The molecule has 2 aliphatic heterocycles. The molecule has 4 fully saturated rings. The molecule has 2 heterocycles. The Morgan fingerprint density at radius 1 is 0.889 bits per heavy atom. The van der Waals surface area contributed by atoms with Crippen LogP contribution in [0.3, 0.4) is 0 Å². The van der Waals surface area contributed by atoms with E-state index in [-0.39, 0.29) is 35.5 Å². The van der Waals surface area contributed by atoms with Crippen LogP contribution in [-0.4, -0.2) is 43.0 Å². The van der Waals surface area contributed by atoms with Gasteiger partial charge in [0.15, 0.2) is 0 Å². The topological polar surface area (TPSA) is 49.9 Å². The summed E-state index contributed by atoms with van der Waals surface area (Å²) in [6.07, 6.45) is 5.65. The van der Waals surface area contributed by atoms with Gasteiger partial charge < -0.3 is 4.74 Å². The Labute approximate surface area is 159 Å². The Morgan fingerprint density at radius 3 is 2.07 bits per heavy atom. The van der Waals surface area contributed by atoms with Crippen molar-refractivity contribution in [1.29, 1.82) is 0 Å². The summed E-state index contributed by atoms with van der Waals surface area (Å²) in [6, 6.07) is 7.99. The first-order chi connectivity index (χ1) is 13.2. The SMILES string of the molecule is O=C1[C@@H]2[C@H]3C=C[C@@H]([C@@H]4C[C@@H]34)[C@@H]2C(=O)N1c1ccc(CN2CCOCC2)cc1. The number of anilines is 1. The largest absolute Gasteiger partial charge is 0.379 e. The number of allylic oxidation sites excluding steroid dienone is 2. The van der Waals surface area contributed by atoms with Gasteiger partial charge >= 0.3 is 0 Å². The molecule has 0 N–H and O–H groups in total. The summed E-state index contributed by atoms with van der Waals surface area (Å²) in [6.45, 7) is 4.36. The van der Waals surface area contributed by atoms with Crippen molar-refractivity contribution in [3.8, 4) is 0 Å². The maximum atomic E-state index is 13.2. The van der Waals surface area contributed by atoms with Gasteiger partial charge in [0.25, 0.3) is 0 Å². The van der Waals surface area contributed by atoms with E-state index in [9.17, 15) is 9.59 Å². The average molecular weight is 364 g/mol. The lowest BCUT2D eigenvalue weighted by atomic mass is 9.63. The van der Waals surface area contributed by atoms with Crippen molar-refractivity contribution < 1.29 is 14.3 Å². The van der Waals surface area contributed by atoms with Crippen LogP contribution >= 0.6 is 0 Å². The van der Waals surface area contributed by atoms with E-state index in [1.54, 1.807) is 0 Å². The predicted octanol–water partition coefficient (Wildman–Crippen LogP) is 2.08. The summed E-state index contributed by atoms with van der Waals surface area (Å²) in [5.74, 6) is 1.67. The van der Waals surface area contributed by atoms with E-state index < -0.39 is 0 Å². The zero-order chi connectivity index (χ0) is 18.1. The third kappa shape index (κ3) is 2.31. The third-order valence-corrected chi connectivity index (χ3v) is 7.37. The van der Waals surface area contributed by atoms with E-state index in [1.807, 2.05) is 12.1 Å². The monoisotopic (exact) mass is 364 g/mol. The van der Waals surface area contributed by atoms with Crippen LogP contribution in [0.4, 0.5) is 5.69 Å². The van der Waals surface area contributed by atoms with Gasteiger partial charge in [0, 0.05) is 19.6 Å². The summed E-state index contributed by atoms with van der Waals surface area (Å²) in [4.78, 5) is 30.2. The molecule has 5 nitrogen and oxygen atoms in total. The van der Waals surface area contributed by atoms with Gasteiger partial charge in [-0.05, 0) is 47.8 Å².